The first-order valence-corrected chi connectivity index (χ1v) is 9.18. The van der Waals surface area contributed by atoms with Crippen molar-refractivity contribution >= 4 is 17.3 Å². The number of aromatic amines is 1. The molecule has 148 valence electrons. The van der Waals surface area contributed by atoms with Gasteiger partial charge >= 0.3 is 0 Å². The lowest BCUT2D eigenvalue weighted by Crippen LogP contribution is -2.16. The van der Waals surface area contributed by atoms with E-state index >= 15 is 0 Å². The Bertz CT molecular complexity index is 1180. The summed E-state index contributed by atoms with van der Waals surface area (Å²) in [6.45, 7) is 4.23. The fourth-order valence-electron chi connectivity index (χ4n) is 2.73. The summed E-state index contributed by atoms with van der Waals surface area (Å²) in [5.41, 5.74) is 2.49. The summed E-state index contributed by atoms with van der Waals surface area (Å²) in [5, 5.41) is 0. The number of nitrogens with zero attached hydrogens (tertiary/aromatic N) is 2. The van der Waals surface area contributed by atoms with Crippen LogP contribution in [0.3, 0.4) is 0 Å². The number of imidazole rings is 1. The van der Waals surface area contributed by atoms with Crippen molar-refractivity contribution in [1.29, 1.82) is 0 Å². The summed E-state index contributed by atoms with van der Waals surface area (Å²) in [7, 11) is 0. The van der Waals surface area contributed by atoms with Crippen molar-refractivity contribution in [2.24, 2.45) is 0 Å². The van der Waals surface area contributed by atoms with E-state index in [-0.39, 0.29) is 23.8 Å². The smallest absolute Gasteiger partial charge is 0.258 e. The van der Waals surface area contributed by atoms with Crippen molar-refractivity contribution < 1.29 is 13.9 Å². The standard InChI is InChI=1S/C20H14FN3O3.C2H6/c21-14-3-1-13(2-4-14)12-27-16-7-8-24(20(26)10-16)15-5-6-17-18(9-15)23-19(11-25)22-17;1-2/h1-11H,12H2,(H,22,23);1-2H3. The number of ether oxygens (including phenoxy) is 1. The van der Waals surface area contributed by atoms with Gasteiger partial charge in [-0.15, -0.1) is 0 Å². The average molecular weight is 393 g/mol. The van der Waals surface area contributed by atoms with Crippen LogP contribution in [0.5, 0.6) is 5.75 Å². The maximum atomic E-state index is 12.9. The molecule has 7 heteroatoms. The molecule has 0 bridgehead atoms. The van der Waals surface area contributed by atoms with Crippen LogP contribution in [0.4, 0.5) is 4.39 Å². The molecule has 0 aliphatic heterocycles. The van der Waals surface area contributed by atoms with Crippen LogP contribution in [0.2, 0.25) is 0 Å². The van der Waals surface area contributed by atoms with E-state index in [1.54, 1.807) is 42.6 Å². The SMILES string of the molecule is CC.O=Cc1nc2ccc(-n3ccc(OCc4ccc(F)cc4)cc3=O)cc2[nH]1. The second-order valence-electron chi connectivity index (χ2n) is 5.93. The number of pyridine rings is 1. The van der Waals surface area contributed by atoms with Crippen molar-refractivity contribution in [3.8, 4) is 11.4 Å². The van der Waals surface area contributed by atoms with E-state index in [2.05, 4.69) is 9.97 Å². The van der Waals surface area contributed by atoms with E-state index < -0.39 is 0 Å². The van der Waals surface area contributed by atoms with Crippen LogP contribution < -0.4 is 10.3 Å². The first-order valence-electron chi connectivity index (χ1n) is 9.18. The van der Waals surface area contributed by atoms with Gasteiger partial charge in [-0.2, -0.15) is 0 Å². The lowest BCUT2D eigenvalue weighted by atomic mass is 10.2. The largest absolute Gasteiger partial charge is 0.489 e. The Morgan fingerprint density at radius 3 is 2.55 bits per heavy atom. The number of hydrogen-bond donors (Lipinski definition) is 1. The maximum absolute atomic E-state index is 12.9. The minimum atomic E-state index is -0.309. The second-order valence-corrected chi connectivity index (χ2v) is 5.93. The van der Waals surface area contributed by atoms with Crippen molar-refractivity contribution in [2.75, 3.05) is 0 Å². The summed E-state index contributed by atoms with van der Waals surface area (Å²) in [6, 6.07) is 14.3. The Balaban J connectivity index is 0.00000117. The molecule has 2 aromatic carbocycles. The molecule has 2 heterocycles. The number of carbonyl (C=O) groups is 1. The molecular formula is C22H20FN3O3. The van der Waals surface area contributed by atoms with Gasteiger partial charge < -0.3 is 9.72 Å². The molecule has 0 saturated carbocycles. The van der Waals surface area contributed by atoms with Crippen molar-refractivity contribution in [1.82, 2.24) is 14.5 Å². The molecule has 4 rings (SSSR count). The number of H-pyrrole nitrogens is 1. The molecule has 0 unspecified atom stereocenters. The number of aldehydes is 1. The second kappa shape index (κ2) is 8.97. The molecule has 29 heavy (non-hydrogen) atoms. The lowest BCUT2D eigenvalue weighted by Gasteiger charge is -2.09. The number of hydrogen-bond acceptors (Lipinski definition) is 4. The Morgan fingerprint density at radius 2 is 1.86 bits per heavy atom. The first kappa shape index (κ1) is 20.0. The Kier molecular flexibility index (Phi) is 6.19. The van der Waals surface area contributed by atoms with Crippen LogP contribution >= 0.6 is 0 Å². The van der Waals surface area contributed by atoms with Gasteiger partial charge in [0.2, 0.25) is 0 Å². The molecule has 0 fully saturated rings. The van der Waals surface area contributed by atoms with Crippen molar-refractivity contribution in [3.05, 3.63) is 88.4 Å². The highest BCUT2D eigenvalue weighted by atomic mass is 19.1. The third-order valence-corrected chi connectivity index (χ3v) is 4.08. The molecule has 2 aromatic heterocycles. The van der Waals surface area contributed by atoms with Crippen LogP contribution in [-0.2, 0) is 6.61 Å². The van der Waals surface area contributed by atoms with Crippen molar-refractivity contribution in [2.45, 2.75) is 20.5 Å². The van der Waals surface area contributed by atoms with Crippen LogP contribution in [0.15, 0.2) is 65.6 Å². The summed E-state index contributed by atoms with van der Waals surface area (Å²) in [5.74, 6) is 0.348. The zero-order chi connectivity index (χ0) is 20.8. The third-order valence-electron chi connectivity index (χ3n) is 4.08. The molecule has 4 aromatic rings. The highest BCUT2D eigenvalue weighted by Gasteiger charge is 2.07. The summed E-state index contributed by atoms with van der Waals surface area (Å²) in [4.78, 5) is 30.3. The van der Waals surface area contributed by atoms with E-state index in [0.717, 1.165) is 5.56 Å². The molecule has 0 aliphatic carbocycles. The van der Waals surface area contributed by atoms with E-state index in [4.69, 9.17) is 4.74 Å². The van der Waals surface area contributed by atoms with E-state index in [0.29, 0.717) is 28.8 Å². The number of carbonyl (C=O) groups excluding carboxylic acids is 1. The summed E-state index contributed by atoms with van der Waals surface area (Å²) >= 11 is 0. The number of benzene rings is 2. The maximum Gasteiger partial charge on any atom is 0.258 e. The normalized spacial score (nSPS) is 10.3. The highest BCUT2D eigenvalue weighted by molar-refractivity contribution is 5.83. The van der Waals surface area contributed by atoms with E-state index in [1.165, 1.54) is 22.8 Å². The molecular weight excluding hydrogens is 373 g/mol. The predicted octanol–water partition coefficient (Wildman–Crippen LogP) is 4.27. The van der Waals surface area contributed by atoms with Crippen LogP contribution in [0.25, 0.3) is 16.7 Å². The molecule has 0 radical (unpaired) electrons. The Hall–Kier alpha value is -3.74. The molecule has 0 aliphatic rings. The molecule has 1 N–H and O–H groups in total. The predicted molar refractivity (Wildman–Crippen MR) is 109 cm³/mol. The zero-order valence-electron chi connectivity index (χ0n) is 16.1. The lowest BCUT2D eigenvalue weighted by molar-refractivity contribution is 0.111. The number of nitrogens with one attached hydrogen (secondary N) is 1. The topological polar surface area (TPSA) is 77.0 Å². The Labute approximate surface area is 166 Å². The van der Waals surface area contributed by atoms with Gasteiger partial charge in [0, 0.05) is 12.3 Å². The molecule has 0 spiro atoms. The van der Waals surface area contributed by atoms with Gasteiger partial charge in [0.05, 0.1) is 16.7 Å². The average Bonchev–Trinajstić information content (AvgIpc) is 3.17. The summed E-state index contributed by atoms with van der Waals surface area (Å²) < 4.78 is 20.0. The quantitative estimate of drug-likeness (QED) is 0.514. The summed E-state index contributed by atoms with van der Waals surface area (Å²) in [6.07, 6.45) is 2.25. The fraction of sp³-hybridized carbons (Fsp3) is 0.136. The van der Waals surface area contributed by atoms with Gasteiger partial charge in [-0.05, 0) is 42.0 Å². The van der Waals surface area contributed by atoms with E-state index in [1.807, 2.05) is 13.8 Å². The number of aromatic nitrogens is 3. The minimum absolute atomic E-state index is 0.234. The Morgan fingerprint density at radius 1 is 1.10 bits per heavy atom. The first-order chi connectivity index (χ1) is 14.1. The number of rotatable bonds is 5. The molecule has 0 saturated heterocycles. The van der Waals surface area contributed by atoms with Gasteiger partial charge in [0.15, 0.2) is 12.1 Å². The number of halogens is 1. The van der Waals surface area contributed by atoms with Gasteiger partial charge in [0.25, 0.3) is 5.56 Å². The van der Waals surface area contributed by atoms with Crippen LogP contribution in [-0.4, -0.2) is 20.8 Å². The third kappa shape index (κ3) is 4.57. The molecule has 0 amide bonds. The van der Waals surface area contributed by atoms with Gasteiger partial charge in [-0.3, -0.25) is 14.2 Å². The fourth-order valence-corrected chi connectivity index (χ4v) is 2.73. The van der Waals surface area contributed by atoms with E-state index in [9.17, 15) is 14.0 Å². The molecule has 0 atom stereocenters. The van der Waals surface area contributed by atoms with Gasteiger partial charge in [-0.1, -0.05) is 26.0 Å². The van der Waals surface area contributed by atoms with Crippen LogP contribution in [0, 0.1) is 5.82 Å². The number of fused-ring (bicyclic) bond motifs is 1. The monoisotopic (exact) mass is 393 g/mol. The highest BCUT2D eigenvalue weighted by Crippen LogP contribution is 2.17. The minimum Gasteiger partial charge on any atom is -0.489 e. The van der Waals surface area contributed by atoms with Gasteiger partial charge in [-0.25, -0.2) is 9.37 Å². The zero-order valence-corrected chi connectivity index (χ0v) is 16.1. The molecule has 6 nitrogen and oxygen atoms in total. The van der Waals surface area contributed by atoms with Crippen LogP contribution in [0.1, 0.15) is 30.0 Å². The van der Waals surface area contributed by atoms with Crippen molar-refractivity contribution in [3.63, 3.8) is 0 Å². The van der Waals surface area contributed by atoms with Gasteiger partial charge in [0.1, 0.15) is 18.2 Å².